The van der Waals surface area contributed by atoms with Crippen LogP contribution in [0.5, 0.6) is 0 Å². The molecule has 0 saturated carbocycles. The van der Waals surface area contributed by atoms with Gasteiger partial charge >= 0.3 is 13.2 Å². The molecule has 0 unspecified atom stereocenters. The minimum Gasteiger partial charge on any atom is -0.261 e. The lowest BCUT2D eigenvalue weighted by Crippen LogP contribution is -2.27. The summed E-state index contributed by atoms with van der Waals surface area (Å²) in [6.45, 7) is 4.67. The first-order valence-corrected chi connectivity index (χ1v) is 8.24. The van der Waals surface area contributed by atoms with Crippen molar-refractivity contribution in [3.63, 3.8) is 0 Å². The van der Waals surface area contributed by atoms with Gasteiger partial charge in [-0.25, -0.2) is 0 Å². The molecule has 11 heavy (non-hydrogen) atoms. The van der Waals surface area contributed by atoms with Gasteiger partial charge in [-0.05, 0) is 5.41 Å². The van der Waals surface area contributed by atoms with Gasteiger partial charge in [0.05, 0.1) is 0 Å². The van der Waals surface area contributed by atoms with Crippen molar-refractivity contribution in [3.05, 3.63) is 0 Å². The van der Waals surface area contributed by atoms with Crippen LogP contribution in [0.1, 0.15) is 39.5 Å². The fraction of sp³-hybridized carbons (Fsp3) is 1.00. The third kappa shape index (κ3) is 2.38. The first-order chi connectivity index (χ1) is 5.22. The summed E-state index contributed by atoms with van der Waals surface area (Å²) >= 11 is -0.732. The van der Waals surface area contributed by atoms with Crippen LogP contribution in [-0.2, 0) is 0 Å². The molecule has 1 heterocycles. The highest BCUT2D eigenvalue weighted by Gasteiger charge is 2.34. The summed E-state index contributed by atoms with van der Waals surface area (Å²) in [5.74, 6) is 0. The van der Waals surface area contributed by atoms with Crippen molar-refractivity contribution in [2.45, 2.75) is 50.1 Å². The Hall–Kier alpha value is 0.822. The summed E-state index contributed by atoms with van der Waals surface area (Å²) in [5, 5.41) is 2.76. The van der Waals surface area contributed by atoms with Crippen molar-refractivity contribution in [3.8, 4) is 0 Å². The first kappa shape index (κ1) is 9.91. The molecule has 1 aliphatic heterocycles. The minimum absolute atomic E-state index is 0.693. The molecule has 64 valence electrons. The van der Waals surface area contributed by atoms with Crippen molar-refractivity contribution in [2.75, 3.05) is 0 Å². The maximum Gasteiger partial charge on any atom is 0.399 e. The van der Waals surface area contributed by atoms with E-state index in [9.17, 15) is 0 Å². The van der Waals surface area contributed by atoms with Crippen molar-refractivity contribution >= 4 is 23.3 Å². The molecule has 0 spiro atoms. The molecule has 0 N–H and O–H groups in total. The standard InChI is InChI=1S/C9H18.Al.ClH/c1-5-9(6-2,7-3)8-4;;/h1-2,5-8H2,3-4H3;;1H/q;+1;/p-1. The van der Waals surface area contributed by atoms with Crippen LogP contribution in [0.25, 0.3) is 0 Å². The number of rotatable bonds is 2. The summed E-state index contributed by atoms with van der Waals surface area (Å²) in [6.07, 6.45) is 5.56. The lowest BCUT2D eigenvalue weighted by atomic mass is 9.77. The summed E-state index contributed by atoms with van der Waals surface area (Å²) in [4.78, 5) is 0. The van der Waals surface area contributed by atoms with Gasteiger partial charge < -0.3 is 0 Å². The van der Waals surface area contributed by atoms with E-state index in [4.69, 9.17) is 10.0 Å². The van der Waals surface area contributed by atoms with E-state index in [2.05, 4.69) is 13.8 Å². The largest absolute Gasteiger partial charge is 0.399 e. The van der Waals surface area contributed by atoms with E-state index < -0.39 is 13.2 Å². The summed E-state index contributed by atoms with van der Waals surface area (Å²) in [5.41, 5.74) is 0.693. The maximum absolute atomic E-state index is 6.20. The van der Waals surface area contributed by atoms with Gasteiger partial charge in [-0.1, -0.05) is 50.1 Å². The quantitative estimate of drug-likeness (QED) is 0.578. The van der Waals surface area contributed by atoms with E-state index in [0.717, 1.165) is 0 Å². The van der Waals surface area contributed by atoms with Gasteiger partial charge in [-0.2, -0.15) is 0 Å². The maximum atomic E-state index is 6.20. The molecule has 0 atom stereocenters. The highest BCUT2D eigenvalue weighted by Crippen LogP contribution is 2.42. The minimum atomic E-state index is -0.732. The molecule has 0 radical (unpaired) electrons. The van der Waals surface area contributed by atoms with Gasteiger partial charge in [0.2, 0.25) is 0 Å². The van der Waals surface area contributed by atoms with E-state index in [1.807, 2.05) is 0 Å². The lowest BCUT2D eigenvalue weighted by Gasteiger charge is -2.36. The van der Waals surface area contributed by atoms with Crippen molar-refractivity contribution in [1.82, 2.24) is 0 Å². The van der Waals surface area contributed by atoms with Crippen LogP contribution >= 0.6 is 10.0 Å². The van der Waals surface area contributed by atoms with E-state index in [1.165, 1.54) is 36.2 Å². The fourth-order valence-corrected chi connectivity index (χ4v) is 4.95. The Bertz CT molecular complexity index is 111. The monoisotopic (exact) mass is 188 g/mol. The number of hydrogen-bond acceptors (Lipinski definition) is 0. The molecule has 1 aliphatic rings. The predicted molar refractivity (Wildman–Crippen MR) is 53.5 cm³/mol. The Kier molecular flexibility index (Phi) is 3.76. The number of halogens is 1. The molecule has 0 aromatic rings. The van der Waals surface area contributed by atoms with Crippen molar-refractivity contribution in [2.24, 2.45) is 5.41 Å². The van der Waals surface area contributed by atoms with Crippen LogP contribution in [-0.4, -0.2) is 13.2 Å². The molecule has 0 aromatic heterocycles. The average molecular weight is 189 g/mol. The topological polar surface area (TPSA) is 0 Å². The van der Waals surface area contributed by atoms with Crippen LogP contribution in [0.3, 0.4) is 0 Å². The number of hydrogen-bond donors (Lipinski definition) is 0. The van der Waals surface area contributed by atoms with E-state index in [1.54, 1.807) is 0 Å². The second-order valence-electron chi connectivity index (χ2n) is 3.88. The highest BCUT2D eigenvalue weighted by atomic mass is 35.6. The second kappa shape index (κ2) is 4.17. The van der Waals surface area contributed by atoms with Crippen LogP contribution in [0.15, 0.2) is 0 Å². The Labute approximate surface area is 78.9 Å². The molecular formula is C9H18AlCl. The molecule has 0 nitrogen and oxygen atoms in total. The van der Waals surface area contributed by atoms with Crippen molar-refractivity contribution < 1.29 is 0 Å². The molecule has 1 fully saturated rings. The second-order valence-corrected chi connectivity index (χ2v) is 8.08. The van der Waals surface area contributed by atoms with E-state index in [0.29, 0.717) is 5.41 Å². The zero-order valence-electron chi connectivity index (χ0n) is 7.70. The Morgan fingerprint density at radius 1 is 1.18 bits per heavy atom. The highest BCUT2D eigenvalue weighted by molar-refractivity contribution is 7.07. The molecule has 0 aromatic carbocycles. The zero-order chi connectivity index (χ0) is 8.32. The lowest BCUT2D eigenvalue weighted by molar-refractivity contribution is 0.230. The van der Waals surface area contributed by atoms with Gasteiger partial charge in [0.15, 0.2) is 0 Å². The Balaban J connectivity index is 2.45. The summed E-state index contributed by atoms with van der Waals surface area (Å²) in [7, 11) is 6.20. The van der Waals surface area contributed by atoms with Gasteiger partial charge in [-0.15, -0.1) is 0 Å². The zero-order valence-corrected chi connectivity index (χ0v) is 9.61. The molecule has 2 heteroatoms. The molecule has 0 bridgehead atoms. The van der Waals surface area contributed by atoms with Crippen LogP contribution < -0.4 is 0 Å². The third-order valence-electron chi connectivity index (χ3n) is 3.48. The molecule has 0 aliphatic carbocycles. The van der Waals surface area contributed by atoms with Crippen LogP contribution in [0, 0.1) is 5.41 Å². The van der Waals surface area contributed by atoms with E-state index >= 15 is 0 Å². The van der Waals surface area contributed by atoms with Gasteiger partial charge in [-0.3, -0.25) is 10.0 Å². The van der Waals surface area contributed by atoms with Crippen LogP contribution in [0.2, 0.25) is 10.6 Å². The predicted octanol–water partition coefficient (Wildman–Crippen LogP) is 3.82. The molecule has 1 rings (SSSR count). The third-order valence-corrected chi connectivity index (χ3v) is 6.62. The summed E-state index contributed by atoms with van der Waals surface area (Å²) < 4.78 is 0. The van der Waals surface area contributed by atoms with Gasteiger partial charge in [0.25, 0.3) is 0 Å². The van der Waals surface area contributed by atoms with Crippen molar-refractivity contribution in [1.29, 1.82) is 0 Å². The molecular weight excluding hydrogens is 171 g/mol. The van der Waals surface area contributed by atoms with Crippen LogP contribution in [0.4, 0.5) is 0 Å². The Morgan fingerprint density at radius 2 is 1.64 bits per heavy atom. The van der Waals surface area contributed by atoms with Gasteiger partial charge in [0.1, 0.15) is 0 Å². The average Bonchev–Trinajstić information content (AvgIpc) is 2.07. The normalized spacial score (nSPS) is 23.7. The van der Waals surface area contributed by atoms with E-state index in [-0.39, 0.29) is 0 Å². The smallest absolute Gasteiger partial charge is 0.261 e. The first-order valence-electron chi connectivity index (χ1n) is 4.86. The van der Waals surface area contributed by atoms with Gasteiger partial charge in [0, 0.05) is 0 Å². The Morgan fingerprint density at radius 3 is 2.00 bits per heavy atom. The molecule has 1 saturated heterocycles. The SMILES string of the molecule is CCC1(CC)C[CH2][Al]([Cl])[CH2]C1. The molecule has 0 amide bonds. The fourth-order valence-electron chi connectivity index (χ4n) is 2.15. The summed E-state index contributed by atoms with van der Waals surface area (Å²) in [6, 6.07) is 0.